The number of carbonyl (C=O) groups excluding carboxylic acids is 1. The largest absolute Gasteiger partial charge is 0.292 e. The summed E-state index contributed by atoms with van der Waals surface area (Å²) in [5.74, 6) is -0.318. The lowest BCUT2D eigenvalue weighted by Gasteiger charge is -2.02. The van der Waals surface area contributed by atoms with Crippen molar-refractivity contribution in [2.24, 2.45) is 0 Å². The molecule has 0 bridgehead atoms. The number of hydrogen-bond donors (Lipinski definition) is 0. The lowest BCUT2D eigenvalue weighted by molar-refractivity contribution is 0.102. The Bertz CT molecular complexity index is 791. The Balaban J connectivity index is 2.12. The van der Waals surface area contributed by atoms with Gasteiger partial charge in [0.25, 0.3) is 0 Å². The van der Waals surface area contributed by atoms with Crippen LogP contribution in [0.4, 0.5) is 0 Å². The average Bonchev–Trinajstić information content (AvgIpc) is 2.84. The zero-order valence-corrected chi connectivity index (χ0v) is 14.9. The number of Topliss-reactive ketones (excluding diaryl/α,β-unsaturated/α-hetero) is 1. The Kier molecular flexibility index (Phi) is 5.13. The van der Waals surface area contributed by atoms with Crippen LogP contribution < -0.4 is 0 Å². The Labute approximate surface area is 137 Å². The molecule has 0 spiro atoms. The molecule has 21 heavy (non-hydrogen) atoms. The minimum Gasteiger partial charge on any atom is -0.292 e. The second-order valence-electron chi connectivity index (χ2n) is 4.26. The van der Waals surface area contributed by atoms with Crippen LogP contribution >= 0.6 is 27.3 Å². The molecule has 1 aromatic carbocycles. The first-order chi connectivity index (χ1) is 9.77. The van der Waals surface area contributed by atoms with Crippen LogP contribution in [0.3, 0.4) is 0 Å². The Morgan fingerprint density at radius 3 is 2.29 bits per heavy atom. The monoisotopic (exact) mass is 406 g/mol. The number of ketones is 1. The van der Waals surface area contributed by atoms with Gasteiger partial charge in [0.15, 0.2) is 15.6 Å². The van der Waals surface area contributed by atoms with E-state index in [9.17, 15) is 17.4 Å². The van der Waals surface area contributed by atoms with Crippen molar-refractivity contribution in [3.63, 3.8) is 0 Å². The van der Waals surface area contributed by atoms with Gasteiger partial charge in [-0.3, -0.25) is 9.00 Å². The minimum absolute atomic E-state index is 0.120. The highest BCUT2D eigenvalue weighted by atomic mass is 79.9. The molecular weight excluding hydrogens is 396 g/mol. The van der Waals surface area contributed by atoms with Gasteiger partial charge in [0.1, 0.15) is 0 Å². The van der Waals surface area contributed by atoms with Gasteiger partial charge < -0.3 is 0 Å². The summed E-state index contributed by atoms with van der Waals surface area (Å²) in [5.41, 5.74) is 0. The highest BCUT2D eigenvalue weighted by molar-refractivity contribution is 9.11. The molecule has 1 unspecified atom stereocenters. The predicted molar refractivity (Wildman–Crippen MR) is 87.2 cm³/mol. The first-order valence-corrected chi connectivity index (χ1v) is 10.6. The number of sulfone groups is 1. The standard InChI is InChI=1S/C13H11BrO4S3/c1-21(17,18)10-4-2-9(3-5-10)20(16)8-11(15)12-6-7-13(14)19-12/h2-7H,8H2,1H3. The predicted octanol–water partition coefficient (Wildman–Crippen LogP) is 2.90. The smallest absolute Gasteiger partial charge is 0.185 e. The molecule has 0 aliphatic rings. The van der Waals surface area contributed by atoms with Gasteiger partial charge in [-0.1, -0.05) is 0 Å². The molecule has 0 saturated carbocycles. The number of thiophene rings is 1. The first-order valence-electron chi connectivity index (χ1n) is 5.74. The maximum absolute atomic E-state index is 12.1. The number of hydrogen-bond acceptors (Lipinski definition) is 5. The number of rotatable bonds is 5. The summed E-state index contributed by atoms with van der Waals surface area (Å²) in [6.45, 7) is 0. The molecular formula is C13H11BrO4S3. The molecule has 0 fully saturated rings. The van der Waals surface area contributed by atoms with Crippen molar-refractivity contribution in [3.8, 4) is 0 Å². The van der Waals surface area contributed by atoms with Crippen LogP contribution in [0.15, 0.2) is 50.0 Å². The van der Waals surface area contributed by atoms with E-state index in [1.54, 1.807) is 12.1 Å². The normalized spacial score (nSPS) is 13.0. The highest BCUT2D eigenvalue weighted by Gasteiger charge is 2.15. The summed E-state index contributed by atoms with van der Waals surface area (Å²) in [7, 11) is -4.77. The fraction of sp³-hybridized carbons (Fsp3) is 0.154. The van der Waals surface area contributed by atoms with Crippen LogP contribution in [0.25, 0.3) is 0 Å². The molecule has 4 nitrogen and oxygen atoms in total. The van der Waals surface area contributed by atoms with E-state index in [0.717, 1.165) is 10.0 Å². The van der Waals surface area contributed by atoms with Crippen molar-refractivity contribution < 1.29 is 17.4 Å². The van der Waals surface area contributed by atoms with Crippen molar-refractivity contribution >= 4 is 53.7 Å². The van der Waals surface area contributed by atoms with Gasteiger partial charge in [0.05, 0.1) is 30.1 Å². The van der Waals surface area contributed by atoms with Gasteiger partial charge in [0, 0.05) is 11.2 Å². The molecule has 0 radical (unpaired) electrons. The molecule has 0 amide bonds. The number of carbonyl (C=O) groups is 1. The van der Waals surface area contributed by atoms with E-state index in [-0.39, 0.29) is 16.4 Å². The maximum Gasteiger partial charge on any atom is 0.185 e. The molecule has 2 aromatic rings. The van der Waals surface area contributed by atoms with Gasteiger partial charge in [-0.2, -0.15) is 0 Å². The lowest BCUT2D eigenvalue weighted by atomic mass is 10.3. The van der Waals surface area contributed by atoms with Crippen LogP contribution in [0, 0.1) is 0 Å². The Morgan fingerprint density at radius 1 is 1.19 bits per heavy atom. The third kappa shape index (κ3) is 4.32. The lowest BCUT2D eigenvalue weighted by Crippen LogP contribution is -2.10. The van der Waals surface area contributed by atoms with Gasteiger partial charge in [-0.25, -0.2) is 8.42 Å². The van der Waals surface area contributed by atoms with Crippen molar-refractivity contribution in [1.82, 2.24) is 0 Å². The van der Waals surface area contributed by atoms with E-state index in [4.69, 9.17) is 0 Å². The third-order valence-electron chi connectivity index (χ3n) is 2.62. The van der Waals surface area contributed by atoms with Crippen LogP contribution in [-0.4, -0.2) is 30.4 Å². The summed E-state index contributed by atoms with van der Waals surface area (Å²) >= 11 is 4.56. The summed E-state index contributed by atoms with van der Waals surface area (Å²) in [6, 6.07) is 9.19. The third-order valence-corrected chi connectivity index (χ3v) is 6.74. The molecule has 0 aliphatic heterocycles. The topological polar surface area (TPSA) is 68.3 Å². The molecule has 2 rings (SSSR count). The summed E-state index contributed by atoms with van der Waals surface area (Å²) in [6.07, 6.45) is 1.11. The van der Waals surface area contributed by atoms with Crippen molar-refractivity contribution in [2.75, 3.05) is 12.0 Å². The summed E-state index contributed by atoms with van der Waals surface area (Å²) in [5, 5.41) is 0. The molecule has 0 aliphatic carbocycles. The van der Waals surface area contributed by atoms with Gasteiger partial charge in [0.2, 0.25) is 0 Å². The minimum atomic E-state index is -3.28. The maximum atomic E-state index is 12.1. The van der Waals surface area contributed by atoms with E-state index in [0.29, 0.717) is 9.77 Å². The molecule has 1 atom stereocenters. The zero-order valence-electron chi connectivity index (χ0n) is 10.9. The van der Waals surface area contributed by atoms with Crippen molar-refractivity contribution in [1.29, 1.82) is 0 Å². The zero-order chi connectivity index (χ0) is 15.6. The van der Waals surface area contributed by atoms with E-state index in [1.165, 1.54) is 35.6 Å². The molecule has 1 aromatic heterocycles. The van der Waals surface area contributed by atoms with Crippen LogP contribution in [0.1, 0.15) is 9.67 Å². The van der Waals surface area contributed by atoms with Crippen LogP contribution in [0.5, 0.6) is 0 Å². The van der Waals surface area contributed by atoms with Crippen LogP contribution in [0.2, 0.25) is 0 Å². The van der Waals surface area contributed by atoms with Crippen molar-refractivity contribution in [2.45, 2.75) is 9.79 Å². The van der Waals surface area contributed by atoms with Crippen molar-refractivity contribution in [3.05, 3.63) is 45.1 Å². The van der Waals surface area contributed by atoms with Crippen LogP contribution in [-0.2, 0) is 20.6 Å². The first kappa shape index (κ1) is 16.5. The molecule has 8 heteroatoms. The van der Waals surface area contributed by atoms with E-state index in [2.05, 4.69) is 15.9 Å². The van der Waals surface area contributed by atoms with E-state index < -0.39 is 20.6 Å². The fourth-order valence-electron chi connectivity index (χ4n) is 1.58. The highest BCUT2D eigenvalue weighted by Crippen LogP contribution is 2.23. The summed E-state index contributed by atoms with van der Waals surface area (Å²) in [4.78, 5) is 13.1. The van der Waals surface area contributed by atoms with Gasteiger partial charge >= 0.3 is 0 Å². The Morgan fingerprint density at radius 2 is 1.81 bits per heavy atom. The average molecular weight is 407 g/mol. The quantitative estimate of drug-likeness (QED) is 0.715. The van der Waals surface area contributed by atoms with E-state index >= 15 is 0 Å². The second kappa shape index (κ2) is 6.51. The molecule has 0 saturated heterocycles. The fourth-order valence-corrected chi connectivity index (χ4v) is 4.62. The van der Waals surface area contributed by atoms with Gasteiger partial charge in [-0.15, -0.1) is 11.3 Å². The molecule has 0 N–H and O–H groups in total. The molecule has 1 heterocycles. The SMILES string of the molecule is CS(=O)(=O)c1ccc(S(=O)CC(=O)c2ccc(Br)s2)cc1. The molecule has 112 valence electrons. The second-order valence-corrected chi connectivity index (χ2v) is 10.2. The number of halogens is 1. The van der Waals surface area contributed by atoms with E-state index in [1.807, 2.05) is 0 Å². The van der Waals surface area contributed by atoms with Gasteiger partial charge in [-0.05, 0) is 52.3 Å². The number of benzene rings is 1. The Hall–Kier alpha value is -0.830. The summed E-state index contributed by atoms with van der Waals surface area (Å²) < 4.78 is 35.7.